The lowest BCUT2D eigenvalue weighted by molar-refractivity contribution is -0.137. The van der Waals surface area contributed by atoms with Gasteiger partial charge in [-0.1, -0.05) is 0 Å². The molecule has 2 heterocycles. The van der Waals surface area contributed by atoms with Crippen molar-refractivity contribution in [2.24, 2.45) is 0 Å². The summed E-state index contributed by atoms with van der Waals surface area (Å²) >= 11 is 0. The topological polar surface area (TPSA) is 106 Å². The third kappa shape index (κ3) is 4.38. The van der Waals surface area contributed by atoms with E-state index in [1.807, 2.05) is 6.07 Å². The number of benzene rings is 1. The normalized spacial score (nSPS) is 12.1. The van der Waals surface area contributed by atoms with Crippen LogP contribution in [0.3, 0.4) is 0 Å². The van der Waals surface area contributed by atoms with Crippen LogP contribution in [0.25, 0.3) is 5.82 Å². The van der Waals surface area contributed by atoms with E-state index < -0.39 is 23.7 Å². The van der Waals surface area contributed by atoms with Crippen molar-refractivity contribution in [3.63, 3.8) is 0 Å². The Kier molecular flexibility index (Phi) is 5.68. The van der Waals surface area contributed by atoms with Crippen LogP contribution < -0.4 is 10.1 Å². The number of nitrogens with one attached hydrogen (secondary N) is 1. The van der Waals surface area contributed by atoms with Gasteiger partial charge in [0.15, 0.2) is 11.6 Å². The minimum Gasteiger partial charge on any atom is -0.497 e. The highest BCUT2D eigenvalue weighted by atomic mass is 19.4. The highest BCUT2D eigenvalue weighted by molar-refractivity contribution is 5.95. The molecule has 1 N–H and O–H groups in total. The molecule has 1 amide bonds. The van der Waals surface area contributed by atoms with Gasteiger partial charge in [0.1, 0.15) is 18.1 Å². The Bertz CT molecular complexity index is 1100. The number of methoxy groups -OCH3 is 1. The van der Waals surface area contributed by atoms with E-state index in [9.17, 15) is 18.0 Å². The number of hydrogen-bond acceptors (Lipinski definition) is 6. The SMILES string of the molecule is COc1cc(C(=O)NC(C)c2ncnn2-c2ccc(C#N)cn2)cc(C(F)(F)F)c1. The molecule has 154 valence electrons. The molecule has 1 atom stereocenters. The molecule has 0 aliphatic heterocycles. The maximum Gasteiger partial charge on any atom is 0.416 e. The molecule has 0 fully saturated rings. The van der Waals surface area contributed by atoms with Crippen LogP contribution in [-0.4, -0.2) is 32.8 Å². The zero-order chi connectivity index (χ0) is 21.9. The van der Waals surface area contributed by atoms with Gasteiger partial charge in [-0.15, -0.1) is 0 Å². The van der Waals surface area contributed by atoms with Crippen LogP contribution >= 0.6 is 0 Å². The van der Waals surface area contributed by atoms with Crippen LogP contribution in [0, 0.1) is 11.3 Å². The standard InChI is InChI=1S/C19H15F3N6O2/c1-11(17-25-10-26-28(17)16-4-3-12(8-23)9-24-16)27-18(29)13-5-14(19(20,21)22)7-15(6-13)30-2/h3-7,9-11H,1-2H3,(H,27,29). The molecular formula is C19H15F3N6O2. The lowest BCUT2D eigenvalue weighted by Gasteiger charge is -2.16. The Labute approximate surface area is 168 Å². The smallest absolute Gasteiger partial charge is 0.416 e. The van der Waals surface area contributed by atoms with Crippen LogP contribution in [0.2, 0.25) is 0 Å². The maximum absolute atomic E-state index is 13.1. The monoisotopic (exact) mass is 416 g/mol. The first-order valence-electron chi connectivity index (χ1n) is 8.56. The van der Waals surface area contributed by atoms with E-state index in [0.29, 0.717) is 17.2 Å². The number of aromatic nitrogens is 4. The maximum atomic E-state index is 13.1. The highest BCUT2D eigenvalue weighted by Gasteiger charge is 2.32. The summed E-state index contributed by atoms with van der Waals surface area (Å²) in [7, 11) is 1.22. The highest BCUT2D eigenvalue weighted by Crippen LogP contribution is 2.32. The van der Waals surface area contributed by atoms with Gasteiger partial charge < -0.3 is 10.1 Å². The predicted molar refractivity (Wildman–Crippen MR) is 97.7 cm³/mol. The largest absolute Gasteiger partial charge is 0.497 e. The van der Waals surface area contributed by atoms with Gasteiger partial charge in [-0.25, -0.2) is 9.97 Å². The van der Waals surface area contributed by atoms with E-state index in [1.54, 1.807) is 19.1 Å². The summed E-state index contributed by atoms with van der Waals surface area (Å²) in [6.07, 6.45) is -2.01. The Morgan fingerprint density at radius 2 is 2.03 bits per heavy atom. The Hall–Kier alpha value is -3.94. The second-order valence-corrected chi connectivity index (χ2v) is 6.19. The number of alkyl halides is 3. The van der Waals surface area contributed by atoms with Gasteiger partial charge in [0.25, 0.3) is 5.91 Å². The second-order valence-electron chi connectivity index (χ2n) is 6.19. The molecule has 3 rings (SSSR count). The van der Waals surface area contributed by atoms with Crippen LogP contribution in [0.15, 0.2) is 42.9 Å². The first-order valence-corrected chi connectivity index (χ1v) is 8.56. The number of ether oxygens (including phenoxy) is 1. The van der Waals surface area contributed by atoms with Crippen LogP contribution in [0.4, 0.5) is 13.2 Å². The molecule has 8 nitrogen and oxygen atoms in total. The number of carbonyl (C=O) groups excluding carboxylic acids is 1. The molecule has 0 radical (unpaired) electrons. The van der Waals surface area contributed by atoms with Gasteiger partial charge in [0.05, 0.1) is 24.3 Å². The first kappa shape index (κ1) is 20.8. The molecule has 3 aromatic rings. The number of halogens is 3. The molecular weight excluding hydrogens is 401 g/mol. The Morgan fingerprint density at radius 3 is 2.63 bits per heavy atom. The second kappa shape index (κ2) is 8.20. The van der Waals surface area contributed by atoms with E-state index in [4.69, 9.17) is 10.00 Å². The van der Waals surface area contributed by atoms with Crippen molar-refractivity contribution in [2.75, 3.05) is 7.11 Å². The fourth-order valence-electron chi connectivity index (χ4n) is 2.66. The molecule has 0 saturated heterocycles. The third-order valence-electron chi connectivity index (χ3n) is 4.13. The molecule has 0 aliphatic carbocycles. The van der Waals surface area contributed by atoms with Crippen LogP contribution in [0.5, 0.6) is 5.75 Å². The van der Waals surface area contributed by atoms with Crippen molar-refractivity contribution >= 4 is 5.91 Å². The summed E-state index contributed by atoms with van der Waals surface area (Å²) in [5.74, 6) is -0.162. The molecule has 0 aliphatic rings. The zero-order valence-corrected chi connectivity index (χ0v) is 15.8. The van der Waals surface area contributed by atoms with E-state index in [1.165, 1.54) is 30.4 Å². The summed E-state index contributed by atoms with van der Waals surface area (Å²) in [4.78, 5) is 20.8. The fourth-order valence-corrected chi connectivity index (χ4v) is 2.66. The molecule has 0 saturated carbocycles. The Balaban J connectivity index is 1.85. The van der Waals surface area contributed by atoms with E-state index in [0.717, 1.165) is 12.1 Å². The first-order chi connectivity index (χ1) is 14.2. The Morgan fingerprint density at radius 1 is 1.27 bits per heavy atom. The molecule has 0 bridgehead atoms. The van der Waals surface area contributed by atoms with Crippen LogP contribution in [0.1, 0.15) is 40.3 Å². The van der Waals surface area contributed by atoms with Crippen molar-refractivity contribution in [2.45, 2.75) is 19.1 Å². The summed E-state index contributed by atoms with van der Waals surface area (Å²) in [6, 6.07) is 7.12. The van der Waals surface area contributed by atoms with E-state index in [-0.39, 0.29) is 11.3 Å². The van der Waals surface area contributed by atoms with Gasteiger partial charge in [0, 0.05) is 11.8 Å². The zero-order valence-electron chi connectivity index (χ0n) is 15.8. The van der Waals surface area contributed by atoms with Crippen molar-refractivity contribution in [3.8, 4) is 17.6 Å². The quantitative estimate of drug-likeness (QED) is 0.685. The van der Waals surface area contributed by atoms with Crippen molar-refractivity contribution < 1.29 is 22.7 Å². The van der Waals surface area contributed by atoms with Gasteiger partial charge in [-0.05, 0) is 37.3 Å². The molecule has 0 spiro atoms. The summed E-state index contributed by atoms with van der Waals surface area (Å²) in [6.45, 7) is 1.60. The third-order valence-corrected chi connectivity index (χ3v) is 4.13. The number of nitriles is 1. The van der Waals surface area contributed by atoms with Crippen molar-refractivity contribution in [1.29, 1.82) is 5.26 Å². The summed E-state index contributed by atoms with van der Waals surface area (Å²) in [5, 5.41) is 15.5. The minimum absolute atomic E-state index is 0.0902. The number of amides is 1. The van der Waals surface area contributed by atoms with Crippen molar-refractivity contribution in [1.82, 2.24) is 25.1 Å². The van der Waals surface area contributed by atoms with Gasteiger partial charge in [-0.2, -0.15) is 28.2 Å². The molecule has 2 aromatic heterocycles. The minimum atomic E-state index is -4.63. The average molecular weight is 416 g/mol. The summed E-state index contributed by atoms with van der Waals surface area (Å²) in [5.41, 5.74) is -0.846. The van der Waals surface area contributed by atoms with E-state index in [2.05, 4.69) is 20.4 Å². The van der Waals surface area contributed by atoms with Gasteiger partial charge in [-0.3, -0.25) is 4.79 Å². The van der Waals surface area contributed by atoms with E-state index >= 15 is 0 Å². The predicted octanol–water partition coefficient (Wildman–Crippen LogP) is 3.05. The molecule has 30 heavy (non-hydrogen) atoms. The number of pyridine rings is 1. The number of hydrogen-bond donors (Lipinski definition) is 1. The summed E-state index contributed by atoms with van der Waals surface area (Å²) < 4.78 is 45.5. The van der Waals surface area contributed by atoms with Gasteiger partial charge in [0.2, 0.25) is 0 Å². The van der Waals surface area contributed by atoms with Crippen LogP contribution in [-0.2, 0) is 6.18 Å². The average Bonchev–Trinajstić information content (AvgIpc) is 3.22. The number of rotatable bonds is 5. The molecule has 1 unspecified atom stereocenters. The van der Waals surface area contributed by atoms with Crippen molar-refractivity contribution in [3.05, 3.63) is 65.4 Å². The molecule has 1 aromatic carbocycles. The number of nitrogens with zero attached hydrogens (tertiary/aromatic N) is 5. The van der Waals surface area contributed by atoms with Gasteiger partial charge >= 0.3 is 6.18 Å². The fraction of sp³-hybridized carbons (Fsp3) is 0.211. The molecule has 11 heteroatoms. The number of carbonyl (C=O) groups is 1. The lowest BCUT2D eigenvalue weighted by atomic mass is 10.1. The lowest BCUT2D eigenvalue weighted by Crippen LogP contribution is -2.29.